The van der Waals surface area contributed by atoms with Gasteiger partial charge >= 0.3 is 5.97 Å². The minimum absolute atomic E-state index is 0.292. The van der Waals surface area contributed by atoms with Gasteiger partial charge in [0.15, 0.2) is 0 Å². The Morgan fingerprint density at radius 1 is 1.08 bits per heavy atom. The SMILES string of the molecule is COC(=O)c1ccc(/C=N/OCCCOc2ccc(F)cc2)cc1. The second-order valence-corrected chi connectivity index (χ2v) is 4.84. The van der Waals surface area contributed by atoms with E-state index < -0.39 is 0 Å². The van der Waals surface area contributed by atoms with Gasteiger partial charge in [-0.1, -0.05) is 17.3 Å². The van der Waals surface area contributed by atoms with E-state index in [1.54, 1.807) is 42.6 Å². The van der Waals surface area contributed by atoms with Gasteiger partial charge in [0.2, 0.25) is 0 Å². The summed E-state index contributed by atoms with van der Waals surface area (Å²) in [7, 11) is 1.34. The van der Waals surface area contributed by atoms with Crippen molar-refractivity contribution in [2.45, 2.75) is 6.42 Å². The van der Waals surface area contributed by atoms with Gasteiger partial charge in [0.05, 0.1) is 25.5 Å². The Morgan fingerprint density at radius 2 is 1.79 bits per heavy atom. The molecule has 0 radical (unpaired) electrons. The van der Waals surface area contributed by atoms with Gasteiger partial charge in [-0.15, -0.1) is 0 Å². The molecule has 2 aromatic rings. The number of carbonyl (C=O) groups is 1. The van der Waals surface area contributed by atoms with Gasteiger partial charge in [-0.2, -0.15) is 0 Å². The molecule has 24 heavy (non-hydrogen) atoms. The number of carbonyl (C=O) groups excluding carboxylic acids is 1. The number of benzene rings is 2. The van der Waals surface area contributed by atoms with Gasteiger partial charge < -0.3 is 14.3 Å². The van der Waals surface area contributed by atoms with Crippen LogP contribution in [-0.2, 0) is 9.57 Å². The number of esters is 1. The summed E-state index contributed by atoms with van der Waals surface area (Å²) in [5.41, 5.74) is 1.29. The average molecular weight is 331 g/mol. The van der Waals surface area contributed by atoms with Crippen LogP contribution >= 0.6 is 0 Å². The van der Waals surface area contributed by atoms with Gasteiger partial charge in [0, 0.05) is 6.42 Å². The lowest BCUT2D eigenvalue weighted by Crippen LogP contribution is -2.01. The number of rotatable bonds is 8. The van der Waals surface area contributed by atoms with Crippen LogP contribution in [0.4, 0.5) is 4.39 Å². The molecule has 0 aliphatic carbocycles. The van der Waals surface area contributed by atoms with Crippen molar-refractivity contribution < 1.29 is 23.5 Å². The molecule has 2 rings (SSSR count). The van der Waals surface area contributed by atoms with Crippen LogP contribution in [0.25, 0.3) is 0 Å². The molecule has 0 bridgehead atoms. The van der Waals surface area contributed by atoms with Crippen LogP contribution in [0.5, 0.6) is 5.75 Å². The summed E-state index contributed by atoms with van der Waals surface area (Å²) in [6.45, 7) is 0.854. The molecule has 0 spiro atoms. The normalized spacial score (nSPS) is 10.6. The summed E-state index contributed by atoms with van der Waals surface area (Å²) < 4.78 is 22.8. The number of hydrogen-bond donors (Lipinski definition) is 0. The van der Waals surface area contributed by atoms with Crippen LogP contribution < -0.4 is 4.74 Å². The molecule has 0 saturated carbocycles. The second-order valence-electron chi connectivity index (χ2n) is 4.84. The lowest BCUT2D eigenvalue weighted by molar-refractivity contribution is 0.0600. The zero-order valence-corrected chi connectivity index (χ0v) is 13.3. The molecule has 126 valence electrons. The van der Waals surface area contributed by atoms with E-state index in [9.17, 15) is 9.18 Å². The second kappa shape index (κ2) is 9.29. The first kappa shape index (κ1) is 17.5. The molecule has 0 saturated heterocycles. The first-order chi connectivity index (χ1) is 11.7. The minimum atomic E-state index is -0.379. The molecular weight excluding hydrogens is 313 g/mol. The highest BCUT2D eigenvalue weighted by Crippen LogP contribution is 2.11. The predicted octanol–water partition coefficient (Wildman–Crippen LogP) is 3.43. The molecule has 0 aliphatic rings. The number of nitrogens with zero attached hydrogens (tertiary/aromatic N) is 1. The highest BCUT2D eigenvalue weighted by molar-refractivity contribution is 5.90. The Balaban J connectivity index is 1.64. The molecule has 0 aliphatic heterocycles. The molecule has 0 amide bonds. The Hall–Kier alpha value is -2.89. The fourth-order valence-corrected chi connectivity index (χ4v) is 1.82. The van der Waals surface area contributed by atoms with Crippen LogP contribution in [0.1, 0.15) is 22.3 Å². The van der Waals surface area contributed by atoms with Crippen molar-refractivity contribution in [3.63, 3.8) is 0 Å². The summed E-state index contributed by atoms with van der Waals surface area (Å²) in [6, 6.07) is 12.7. The van der Waals surface area contributed by atoms with Gasteiger partial charge in [-0.3, -0.25) is 0 Å². The number of oxime groups is 1. The molecular formula is C18H18FNO4. The minimum Gasteiger partial charge on any atom is -0.493 e. The van der Waals surface area contributed by atoms with E-state index in [0.717, 1.165) is 5.56 Å². The Kier molecular flexibility index (Phi) is 6.76. The van der Waals surface area contributed by atoms with Crippen molar-refractivity contribution in [1.29, 1.82) is 0 Å². The number of methoxy groups -OCH3 is 1. The van der Waals surface area contributed by atoms with E-state index in [1.807, 2.05) is 0 Å². The molecule has 0 atom stereocenters. The summed E-state index contributed by atoms with van der Waals surface area (Å²) in [4.78, 5) is 16.4. The van der Waals surface area contributed by atoms with Gasteiger partial charge in [0.25, 0.3) is 0 Å². The van der Waals surface area contributed by atoms with E-state index >= 15 is 0 Å². The van der Waals surface area contributed by atoms with Crippen LogP contribution in [-0.4, -0.2) is 32.5 Å². The van der Waals surface area contributed by atoms with E-state index in [0.29, 0.717) is 30.9 Å². The highest BCUT2D eigenvalue weighted by atomic mass is 19.1. The van der Waals surface area contributed by atoms with E-state index in [4.69, 9.17) is 9.57 Å². The standard InChI is InChI=1S/C18H18FNO4/c1-22-18(21)15-5-3-14(4-6-15)13-20-24-12-2-11-23-17-9-7-16(19)8-10-17/h3-10,13H,2,11-12H2,1H3/b20-13+. The summed E-state index contributed by atoms with van der Waals surface area (Å²) in [6.07, 6.45) is 2.21. The maximum Gasteiger partial charge on any atom is 0.337 e. The molecule has 0 aromatic heterocycles. The summed E-state index contributed by atoms with van der Waals surface area (Å²) in [5, 5.41) is 3.85. The van der Waals surface area contributed by atoms with Crippen LogP contribution in [0.2, 0.25) is 0 Å². The predicted molar refractivity (Wildman–Crippen MR) is 87.8 cm³/mol. The molecule has 5 nitrogen and oxygen atoms in total. The zero-order chi connectivity index (χ0) is 17.2. The quantitative estimate of drug-likeness (QED) is 0.322. The number of ether oxygens (including phenoxy) is 2. The van der Waals surface area contributed by atoms with Crippen LogP contribution in [0.15, 0.2) is 53.7 Å². The van der Waals surface area contributed by atoms with Crippen molar-refractivity contribution in [2.24, 2.45) is 5.16 Å². The maximum atomic E-state index is 12.7. The molecule has 0 N–H and O–H groups in total. The average Bonchev–Trinajstić information content (AvgIpc) is 2.62. The van der Waals surface area contributed by atoms with E-state index in [-0.39, 0.29) is 11.8 Å². The fourth-order valence-electron chi connectivity index (χ4n) is 1.82. The van der Waals surface area contributed by atoms with Crippen molar-refractivity contribution in [1.82, 2.24) is 0 Å². The third kappa shape index (κ3) is 5.72. The van der Waals surface area contributed by atoms with Crippen LogP contribution in [0, 0.1) is 5.82 Å². The lowest BCUT2D eigenvalue weighted by atomic mass is 10.1. The van der Waals surface area contributed by atoms with Crippen LogP contribution in [0.3, 0.4) is 0 Å². The first-order valence-electron chi connectivity index (χ1n) is 7.41. The fraction of sp³-hybridized carbons (Fsp3) is 0.222. The van der Waals surface area contributed by atoms with Gasteiger partial charge in [-0.05, 0) is 42.0 Å². The number of halogens is 1. The van der Waals surface area contributed by atoms with Gasteiger partial charge in [0.1, 0.15) is 18.2 Å². The number of hydrogen-bond acceptors (Lipinski definition) is 5. The highest BCUT2D eigenvalue weighted by Gasteiger charge is 2.03. The Morgan fingerprint density at radius 3 is 2.46 bits per heavy atom. The zero-order valence-electron chi connectivity index (χ0n) is 13.3. The van der Waals surface area contributed by atoms with Crippen molar-refractivity contribution >= 4 is 12.2 Å². The van der Waals surface area contributed by atoms with E-state index in [1.165, 1.54) is 19.2 Å². The summed E-state index contributed by atoms with van der Waals surface area (Å²) >= 11 is 0. The third-order valence-corrected chi connectivity index (χ3v) is 3.07. The molecule has 6 heteroatoms. The molecule has 2 aromatic carbocycles. The third-order valence-electron chi connectivity index (χ3n) is 3.07. The van der Waals surface area contributed by atoms with E-state index in [2.05, 4.69) is 9.89 Å². The maximum absolute atomic E-state index is 12.7. The smallest absolute Gasteiger partial charge is 0.337 e. The molecule has 0 unspecified atom stereocenters. The van der Waals surface area contributed by atoms with Gasteiger partial charge in [-0.25, -0.2) is 9.18 Å². The van der Waals surface area contributed by atoms with Crippen molar-refractivity contribution in [3.8, 4) is 5.75 Å². The van der Waals surface area contributed by atoms with Crippen molar-refractivity contribution in [3.05, 3.63) is 65.5 Å². The topological polar surface area (TPSA) is 57.1 Å². The summed E-state index contributed by atoms with van der Waals surface area (Å²) in [5.74, 6) is -0.0545. The molecule has 0 fully saturated rings. The monoisotopic (exact) mass is 331 g/mol. The molecule has 0 heterocycles. The Labute approximate surface area is 139 Å². The Bertz CT molecular complexity index is 668. The van der Waals surface area contributed by atoms with Crippen molar-refractivity contribution in [2.75, 3.05) is 20.3 Å². The largest absolute Gasteiger partial charge is 0.493 e. The lowest BCUT2D eigenvalue weighted by Gasteiger charge is -2.05. The first-order valence-corrected chi connectivity index (χ1v) is 7.41.